The zero-order chi connectivity index (χ0) is 22.7. The second kappa shape index (κ2) is 8.68. The van der Waals surface area contributed by atoms with Crippen LogP contribution in [0.1, 0.15) is 15.9 Å². The summed E-state index contributed by atoms with van der Waals surface area (Å²) in [5.74, 6) is -1.38. The van der Waals surface area contributed by atoms with Crippen molar-refractivity contribution in [1.29, 1.82) is 0 Å². The predicted octanol–water partition coefficient (Wildman–Crippen LogP) is 3.33. The quantitative estimate of drug-likeness (QED) is 0.163. The molecule has 0 atom stereocenters. The first-order chi connectivity index (χ1) is 15.4. The molecule has 0 aliphatic heterocycles. The van der Waals surface area contributed by atoms with E-state index in [-0.39, 0.29) is 17.9 Å². The van der Waals surface area contributed by atoms with E-state index in [2.05, 4.69) is 5.32 Å². The second-order valence-corrected chi connectivity index (χ2v) is 6.90. The highest BCUT2D eigenvalue weighted by molar-refractivity contribution is 6.07. The van der Waals surface area contributed by atoms with Crippen LogP contribution in [0.3, 0.4) is 0 Å². The van der Waals surface area contributed by atoms with Crippen molar-refractivity contribution in [2.75, 3.05) is 6.54 Å². The SMILES string of the molecule is O=C(CNC(=O)c1cccc([N+](=O)[O-])c1)OCc1cc(=O)oc2ccc3ccccc3c12. The minimum atomic E-state index is -0.731. The normalized spacial score (nSPS) is 10.8. The van der Waals surface area contributed by atoms with Gasteiger partial charge in [0.05, 0.1) is 4.92 Å². The van der Waals surface area contributed by atoms with Gasteiger partial charge < -0.3 is 14.5 Å². The number of hydrogen-bond acceptors (Lipinski definition) is 7. The number of nitro benzene ring substituents is 1. The first kappa shape index (κ1) is 20.7. The Kier molecular flexibility index (Phi) is 5.63. The molecule has 0 spiro atoms. The highest BCUT2D eigenvalue weighted by Gasteiger charge is 2.15. The Hall–Kier alpha value is -4.53. The van der Waals surface area contributed by atoms with Crippen LogP contribution in [0, 0.1) is 10.1 Å². The Labute approximate surface area is 180 Å². The molecule has 0 saturated carbocycles. The van der Waals surface area contributed by atoms with Crippen molar-refractivity contribution in [3.63, 3.8) is 0 Å². The molecule has 4 rings (SSSR count). The Balaban J connectivity index is 1.47. The third-order valence-corrected chi connectivity index (χ3v) is 4.82. The van der Waals surface area contributed by atoms with Crippen molar-refractivity contribution in [3.05, 3.63) is 98.4 Å². The summed E-state index contributed by atoms with van der Waals surface area (Å²) in [6.45, 7) is -0.636. The number of rotatable bonds is 6. The van der Waals surface area contributed by atoms with Gasteiger partial charge >= 0.3 is 11.6 Å². The molecule has 0 aliphatic rings. The number of amides is 1. The Bertz CT molecular complexity index is 1430. The van der Waals surface area contributed by atoms with Crippen LogP contribution in [0.25, 0.3) is 21.7 Å². The summed E-state index contributed by atoms with van der Waals surface area (Å²) in [4.78, 5) is 46.5. The Morgan fingerprint density at radius 1 is 1.03 bits per heavy atom. The lowest BCUT2D eigenvalue weighted by atomic mass is 10.0. The molecule has 0 fully saturated rings. The summed E-state index contributed by atoms with van der Waals surface area (Å²) in [5, 5.41) is 15.6. The number of carbonyl (C=O) groups is 2. The van der Waals surface area contributed by atoms with Gasteiger partial charge in [-0.3, -0.25) is 19.7 Å². The van der Waals surface area contributed by atoms with Gasteiger partial charge in [0, 0.05) is 34.7 Å². The number of hydrogen-bond donors (Lipinski definition) is 1. The zero-order valence-electron chi connectivity index (χ0n) is 16.6. The number of carbonyl (C=O) groups excluding carboxylic acids is 2. The molecule has 0 bridgehead atoms. The number of ether oxygens (including phenoxy) is 1. The number of nitrogens with one attached hydrogen (secondary N) is 1. The number of benzene rings is 3. The average molecular weight is 432 g/mol. The molecule has 4 aromatic rings. The summed E-state index contributed by atoms with van der Waals surface area (Å²) in [6, 6.07) is 17.5. The molecular formula is C23H16N2O7. The molecule has 3 aromatic carbocycles. The molecule has 0 radical (unpaired) electrons. The Morgan fingerprint density at radius 2 is 1.84 bits per heavy atom. The van der Waals surface area contributed by atoms with Gasteiger partial charge in [-0.25, -0.2) is 4.79 Å². The maximum atomic E-state index is 12.2. The number of non-ortho nitro benzene ring substituents is 1. The van der Waals surface area contributed by atoms with E-state index in [0.29, 0.717) is 16.5 Å². The molecule has 0 unspecified atom stereocenters. The van der Waals surface area contributed by atoms with Crippen LogP contribution in [0.15, 0.2) is 75.9 Å². The fraction of sp³-hybridized carbons (Fsp3) is 0.0870. The van der Waals surface area contributed by atoms with Crippen molar-refractivity contribution in [3.8, 4) is 0 Å². The molecule has 9 nitrogen and oxygen atoms in total. The molecule has 1 aromatic heterocycles. The maximum absolute atomic E-state index is 12.2. The highest BCUT2D eigenvalue weighted by atomic mass is 16.6. The first-order valence-electron chi connectivity index (χ1n) is 9.55. The lowest BCUT2D eigenvalue weighted by Crippen LogP contribution is -2.30. The van der Waals surface area contributed by atoms with Crippen molar-refractivity contribution >= 4 is 39.3 Å². The second-order valence-electron chi connectivity index (χ2n) is 6.90. The molecule has 160 valence electrons. The van der Waals surface area contributed by atoms with Gasteiger partial charge in [0.15, 0.2) is 0 Å². The minimum Gasteiger partial charge on any atom is -0.459 e. The van der Waals surface area contributed by atoms with Crippen LogP contribution in [-0.2, 0) is 16.1 Å². The van der Waals surface area contributed by atoms with Gasteiger partial charge in [0.2, 0.25) is 0 Å². The van der Waals surface area contributed by atoms with Crippen LogP contribution in [0.4, 0.5) is 5.69 Å². The molecule has 0 saturated heterocycles. The van der Waals surface area contributed by atoms with E-state index in [1.165, 1.54) is 24.3 Å². The van der Waals surface area contributed by atoms with Gasteiger partial charge in [0.1, 0.15) is 18.7 Å². The van der Waals surface area contributed by atoms with Gasteiger partial charge in [-0.15, -0.1) is 0 Å². The summed E-state index contributed by atoms with van der Waals surface area (Å²) in [6.07, 6.45) is 0. The smallest absolute Gasteiger partial charge is 0.336 e. The average Bonchev–Trinajstić information content (AvgIpc) is 2.80. The number of nitro groups is 1. The Morgan fingerprint density at radius 3 is 2.66 bits per heavy atom. The molecule has 1 amide bonds. The highest BCUT2D eigenvalue weighted by Crippen LogP contribution is 2.27. The molecular weight excluding hydrogens is 416 g/mol. The largest absolute Gasteiger partial charge is 0.459 e. The fourth-order valence-electron chi connectivity index (χ4n) is 3.36. The van der Waals surface area contributed by atoms with E-state index in [4.69, 9.17) is 9.15 Å². The molecule has 9 heteroatoms. The maximum Gasteiger partial charge on any atom is 0.336 e. The van der Waals surface area contributed by atoms with Crippen LogP contribution < -0.4 is 10.9 Å². The van der Waals surface area contributed by atoms with Crippen LogP contribution in [0.5, 0.6) is 0 Å². The summed E-state index contributed by atoms with van der Waals surface area (Å²) >= 11 is 0. The fourth-order valence-corrected chi connectivity index (χ4v) is 3.36. The lowest BCUT2D eigenvalue weighted by molar-refractivity contribution is -0.384. The van der Waals surface area contributed by atoms with Crippen LogP contribution in [0.2, 0.25) is 0 Å². The number of esters is 1. The van der Waals surface area contributed by atoms with Gasteiger partial charge in [-0.05, 0) is 22.9 Å². The van der Waals surface area contributed by atoms with Gasteiger partial charge in [0.25, 0.3) is 11.6 Å². The van der Waals surface area contributed by atoms with Crippen LogP contribution >= 0.6 is 0 Å². The number of nitrogens with zero attached hydrogens (tertiary/aromatic N) is 1. The van der Waals surface area contributed by atoms with Gasteiger partial charge in [-0.2, -0.15) is 0 Å². The van der Waals surface area contributed by atoms with E-state index < -0.39 is 29.0 Å². The minimum absolute atomic E-state index is 0.0464. The molecule has 0 aliphatic carbocycles. The first-order valence-corrected chi connectivity index (χ1v) is 9.55. The lowest BCUT2D eigenvalue weighted by Gasteiger charge is -2.10. The van der Waals surface area contributed by atoms with E-state index in [1.54, 1.807) is 6.07 Å². The standard InChI is InChI=1S/C23H16N2O7/c26-20-11-16(22-18-7-2-1-4-14(18)8-9-19(22)32-20)13-31-21(27)12-24-23(28)15-5-3-6-17(10-15)25(29)30/h1-11H,12-13H2,(H,24,28). The van der Waals surface area contributed by atoms with Crippen molar-refractivity contribution in [2.45, 2.75) is 6.61 Å². The van der Waals surface area contributed by atoms with Gasteiger partial charge in [-0.1, -0.05) is 36.4 Å². The molecule has 32 heavy (non-hydrogen) atoms. The summed E-state index contributed by atoms with van der Waals surface area (Å²) in [7, 11) is 0. The third kappa shape index (κ3) is 4.31. The van der Waals surface area contributed by atoms with Crippen LogP contribution in [-0.4, -0.2) is 23.3 Å². The monoisotopic (exact) mass is 432 g/mol. The van der Waals surface area contributed by atoms with E-state index in [0.717, 1.165) is 16.8 Å². The summed E-state index contributed by atoms with van der Waals surface area (Å²) < 4.78 is 10.5. The zero-order valence-corrected chi connectivity index (χ0v) is 16.6. The van der Waals surface area contributed by atoms with Crippen molar-refractivity contribution in [2.24, 2.45) is 0 Å². The van der Waals surface area contributed by atoms with Crippen molar-refractivity contribution in [1.82, 2.24) is 5.32 Å². The molecule has 1 heterocycles. The van der Waals surface area contributed by atoms with E-state index in [1.807, 2.05) is 30.3 Å². The van der Waals surface area contributed by atoms with E-state index >= 15 is 0 Å². The van der Waals surface area contributed by atoms with E-state index in [9.17, 15) is 24.5 Å². The predicted molar refractivity (Wildman–Crippen MR) is 115 cm³/mol. The summed E-state index contributed by atoms with van der Waals surface area (Å²) in [5.41, 5.74) is 0.0952. The number of fused-ring (bicyclic) bond motifs is 3. The third-order valence-electron chi connectivity index (χ3n) is 4.82. The van der Waals surface area contributed by atoms with Crippen molar-refractivity contribution < 1.29 is 23.7 Å². The topological polar surface area (TPSA) is 129 Å². The molecule has 1 N–H and O–H groups in total.